The molecule has 2 aromatic heterocycles. The van der Waals surface area contributed by atoms with Gasteiger partial charge in [0, 0.05) is 5.56 Å². The highest BCUT2D eigenvalue weighted by Gasteiger charge is 2.28. The van der Waals surface area contributed by atoms with Gasteiger partial charge in [-0.3, -0.25) is 14.2 Å². The predicted molar refractivity (Wildman–Crippen MR) is 135 cm³/mol. The van der Waals surface area contributed by atoms with Crippen molar-refractivity contribution in [2.24, 2.45) is 0 Å². The molecule has 0 saturated carbocycles. The summed E-state index contributed by atoms with van der Waals surface area (Å²) in [5.74, 6) is 0.0265. The summed E-state index contributed by atoms with van der Waals surface area (Å²) in [4.78, 5) is 33.8. The van der Waals surface area contributed by atoms with Crippen LogP contribution in [0, 0.1) is 12.7 Å². The van der Waals surface area contributed by atoms with Crippen molar-refractivity contribution in [3.63, 3.8) is 0 Å². The number of fused-ring (bicyclic) bond motifs is 1. The maximum atomic E-state index is 14.0. The van der Waals surface area contributed by atoms with Gasteiger partial charge in [-0.2, -0.15) is 0 Å². The number of hydrogen-bond donors (Lipinski definition) is 0. The first kappa shape index (κ1) is 23.2. The molecule has 2 heterocycles. The number of carbonyl (C=O) groups is 1. The summed E-state index contributed by atoms with van der Waals surface area (Å²) in [5, 5.41) is 0.475. The summed E-state index contributed by atoms with van der Waals surface area (Å²) in [6.45, 7) is 3.89. The molecule has 0 fully saturated rings. The number of para-hydroxylation sites is 1. The summed E-state index contributed by atoms with van der Waals surface area (Å²) >= 11 is 0. The molecule has 0 aliphatic carbocycles. The van der Waals surface area contributed by atoms with Gasteiger partial charge in [0.25, 0.3) is 11.5 Å². The van der Waals surface area contributed by atoms with Crippen molar-refractivity contribution in [2.75, 3.05) is 0 Å². The molecule has 0 aliphatic rings. The van der Waals surface area contributed by atoms with Gasteiger partial charge >= 0.3 is 0 Å². The molecule has 0 radical (unpaired) electrons. The first-order valence-electron chi connectivity index (χ1n) is 11.6. The number of hydrogen-bond acceptors (Lipinski definition) is 4. The molecule has 0 spiro atoms. The first-order valence-corrected chi connectivity index (χ1v) is 11.6. The van der Waals surface area contributed by atoms with Gasteiger partial charge in [-0.15, -0.1) is 0 Å². The fourth-order valence-corrected chi connectivity index (χ4v) is 4.26. The zero-order valence-corrected chi connectivity index (χ0v) is 19.9. The Hall–Kier alpha value is -4.52. The SMILES string of the molecule is Cc1ccc(-n2c(C(C)N(Cc3ccco3)C(=O)c3cccc(F)c3)nc3ccccc3c2=O)cc1. The molecule has 7 heteroatoms. The van der Waals surface area contributed by atoms with Crippen LogP contribution in [0.2, 0.25) is 0 Å². The maximum absolute atomic E-state index is 14.0. The number of halogens is 1. The molecule has 0 saturated heterocycles. The van der Waals surface area contributed by atoms with Gasteiger partial charge in [0.1, 0.15) is 17.4 Å². The Bertz CT molecular complexity index is 1590. The van der Waals surface area contributed by atoms with Crippen molar-refractivity contribution in [2.45, 2.75) is 26.4 Å². The number of furan rings is 1. The molecule has 5 aromatic rings. The van der Waals surface area contributed by atoms with Crippen LogP contribution in [0.5, 0.6) is 0 Å². The third-order valence-electron chi connectivity index (χ3n) is 6.17. The van der Waals surface area contributed by atoms with E-state index in [-0.39, 0.29) is 17.7 Å². The summed E-state index contributed by atoms with van der Waals surface area (Å²) in [6.07, 6.45) is 1.53. The van der Waals surface area contributed by atoms with Crippen molar-refractivity contribution in [1.82, 2.24) is 14.5 Å². The second-order valence-electron chi connectivity index (χ2n) is 8.66. The Morgan fingerprint density at radius 2 is 1.81 bits per heavy atom. The molecule has 1 atom stereocenters. The molecule has 1 unspecified atom stereocenters. The molecule has 0 aliphatic heterocycles. The minimum absolute atomic E-state index is 0.111. The summed E-state index contributed by atoms with van der Waals surface area (Å²) in [6, 6.07) is 23.1. The summed E-state index contributed by atoms with van der Waals surface area (Å²) < 4.78 is 21.1. The van der Waals surface area contributed by atoms with Crippen LogP contribution < -0.4 is 5.56 Å². The van der Waals surface area contributed by atoms with Crippen LogP contribution in [0.4, 0.5) is 4.39 Å². The van der Waals surface area contributed by atoms with Crippen LogP contribution in [0.3, 0.4) is 0 Å². The van der Waals surface area contributed by atoms with Gasteiger partial charge in [-0.1, -0.05) is 35.9 Å². The molecule has 5 rings (SSSR count). The number of aromatic nitrogens is 2. The normalized spacial score (nSPS) is 12.0. The van der Waals surface area contributed by atoms with Crippen LogP contribution in [0.25, 0.3) is 16.6 Å². The number of rotatable bonds is 6. The molecule has 3 aromatic carbocycles. The minimum atomic E-state index is -0.663. The lowest BCUT2D eigenvalue weighted by Gasteiger charge is -2.30. The van der Waals surface area contributed by atoms with E-state index in [1.165, 1.54) is 29.4 Å². The zero-order valence-electron chi connectivity index (χ0n) is 19.9. The Morgan fingerprint density at radius 3 is 2.53 bits per heavy atom. The van der Waals surface area contributed by atoms with Crippen molar-refractivity contribution in [3.05, 3.63) is 130 Å². The third-order valence-corrected chi connectivity index (χ3v) is 6.17. The van der Waals surface area contributed by atoms with E-state index in [0.717, 1.165) is 5.56 Å². The highest BCUT2D eigenvalue weighted by atomic mass is 19.1. The Morgan fingerprint density at radius 1 is 1.03 bits per heavy atom. The third kappa shape index (κ3) is 4.43. The Balaban J connectivity index is 1.70. The molecule has 6 nitrogen and oxygen atoms in total. The van der Waals surface area contributed by atoms with Crippen LogP contribution >= 0.6 is 0 Å². The quantitative estimate of drug-likeness (QED) is 0.306. The van der Waals surface area contributed by atoms with Gasteiger partial charge in [0.15, 0.2) is 0 Å². The topological polar surface area (TPSA) is 68.3 Å². The van der Waals surface area contributed by atoms with E-state index in [0.29, 0.717) is 28.2 Å². The maximum Gasteiger partial charge on any atom is 0.266 e. The lowest BCUT2D eigenvalue weighted by Crippen LogP contribution is -2.37. The monoisotopic (exact) mass is 481 g/mol. The van der Waals surface area contributed by atoms with Gasteiger partial charge in [0.05, 0.1) is 35.4 Å². The highest BCUT2D eigenvalue weighted by Crippen LogP contribution is 2.27. The lowest BCUT2D eigenvalue weighted by molar-refractivity contribution is 0.0648. The molecule has 0 bridgehead atoms. The second-order valence-corrected chi connectivity index (χ2v) is 8.66. The van der Waals surface area contributed by atoms with Crippen LogP contribution in [0.15, 0.2) is 100 Å². The number of carbonyl (C=O) groups excluding carboxylic acids is 1. The summed E-state index contributed by atoms with van der Waals surface area (Å²) in [5.41, 5.74) is 2.18. The van der Waals surface area contributed by atoms with E-state index >= 15 is 0 Å². The van der Waals surface area contributed by atoms with Gasteiger partial charge in [0.2, 0.25) is 0 Å². The molecule has 36 heavy (non-hydrogen) atoms. The fourth-order valence-electron chi connectivity index (χ4n) is 4.26. The van der Waals surface area contributed by atoms with Crippen molar-refractivity contribution in [3.8, 4) is 5.69 Å². The molecule has 0 N–H and O–H groups in total. The number of aryl methyl sites for hydroxylation is 1. The van der Waals surface area contributed by atoms with Gasteiger partial charge < -0.3 is 9.32 Å². The average molecular weight is 482 g/mol. The van der Waals surface area contributed by atoms with Crippen molar-refractivity contribution in [1.29, 1.82) is 0 Å². The van der Waals surface area contributed by atoms with Crippen LogP contribution in [0.1, 0.15) is 40.5 Å². The van der Waals surface area contributed by atoms with E-state index < -0.39 is 17.8 Å². The molecular weight excluding hydrogens is 457 g/mol. The smallest absolute Gasteiger partial charge is 0.266 e. The largest absolute Gasteiger partial charge is 0.467 e. The molecule has 180 valence electrons. The Labute approximate surface area is 207 Å². The zero-order chi connectivity index (χ0) is 25.2. The van der Waals surface area contributed by atoms with Gasteiger partial charge in [-0.25, -0.2) is 9.37 Å². The summed E-state index contributed by atoms with van der Waals surface area (Å²) in [7, 11) is 0. The fraction of sp³-hybridized carbons (Fsp3) is 0.138. The number of benzene rings is 3. The van der Waals surface area contributed by atoms with Crippen molar-refractivity contribution < 1.29 is 13.6 Å². The highest BCUT2D eigenvalue weighted by molar-refractivity contribution is 5.94. The number of amides is 1. The second kappa shape index (κ2) is 9.62. The van der Waals surface area contributed by atoms with E-state index in [9.17, 15) is 14.0 Å². The van der Waals surface area contributed by atoms with Gasteiger partial charge in [-0.05, 0) is 68.4 Å². The van der Waals surface area contributed by atoms with E-state index in [2.05, 4.69) is 0 Å². The average Bonchev–Trinajstić information content (AvgIpc) is 3.41. The Kier molecular flexibility index (Phi) is 6.21. The first-order chi connectivity index (χ1) is 17.4. The van der Waals surface area contributed by atoms with Crippen LogP contribution in [-0.4, -0.2) is 20.4 Å². The van der Waals surface area contributed by atoms with Crippen LogP contribution in [-0.2, 0) is 6.54 Å². The minimum Gasteiger partial charge on any atom is -0.467 e. The van der Waals surface area contributed by atoms with Crippen molar-refractivity contribution >= 4 is 16.8 Å². The molecule has 1 amide bonds. The molecular formula is C29H24FN3O3. The standard InChI is InChI=1S/C29H24FN3O3/c1-19-12-14-23(15-13-19)33-27(31-26-11-4-3-10-25(26)29(33)35)20(2)32(18-24-9-6-16-36-24)28(34)21-7-5-8-22(30)17-21/h3-17,20H,18H2,1-2H3. The lowest BCUT2D eigenvalue weighted by atomic mass is 10.1. The van der Waals surface area contributed by atoms with E-state index in [4.69, 9.17) is 9.40 Å². The number of nitrogens with zero attached hydrogens (tertiary/aromatic N) is 3. The predicted octanol–water partition coefficient (Wildman–Crippen LogP) is 5.83. The van der Waals surface area contributed by atoms with E-state index in [1.54, 1.807) is 47.9 Å². The van der Waals surface area contributed by atoms with E-state index in [1.807, 2.05) is 37.3 Å².